The lowest BCUT2D eigenvalue weighted by Crippen LogP contribution is -2.68. The first-order valence-corrected chi connectivity index (χ1v) is 11.1. The molecule has 4 atom stereocenters. The van der Waals surface area contributed by atoms with Crippen LogP contribution in [0.25, 0.3) is 0 Å². The van der Waals surface area contributed by atoms with Crippen LogP contribution in [0, 0.1) is 12.7 Å². The van der Waals surface area contributed by atoms with Crippen LogP contribution in [0.3, 0.4) is 0 Å². The van der Waals surface area contributed by atoms with Crippen molar-refractivity contribution in [2.75, 3.05) is 12.3 Å². The number of hydrogen-bond acceptors (Lipinski definition) is 10. The third-order valence-electron chi connectivity index (χ3n) is 6.32. The molecule has 11 nitrogen and oxygen atoms in total. The molecule has 36 heavy (non-hydrogen) atoms. The number of rotatable bonds is 7. The van der Waals surface area contributed by atoms with E-state index >= 15 is 0 Å². The van der Waals surface area contributed by atoms with Gasteiger partial charge in [0, 0.05) is 18.2 Å². The van der Waals surface area contributed by atoms with E-state index < -0.39 is 54.3 Å². The van der Waals surface area contributed by atoms with Crippen LogP contribution in [0.15, 0.2) is 59.5 Å². The Kier molecular flexibility index (Phi) is 6.94. The van der Waals surface area contributed by atoms with Crippen molar-refractivity contribution < 1.29 is 34.8 Å². The van der Waals surface area contributed by atoms with Crippen LogP contribution >= 0.6 is 0 Å². The fourth-order valence-corrected chi connectivity index (χ4v) is 4.26. The summed E-state index contributed by atoms with van der Waals surface area (Å²) in [6.45, 7) is 0.541. The molecule has 0 aliphatic carbocycles. The van der Waals surface area contributed by atoms with E-state index in [4.69, 9.17) is 10.5 Å². The van der Waals surface area contributed by atoms with Crippen molar-refractivity contribution in [3.8, 4) is 0 Å². The van der Waals surface area contributed by atoms with E-state index in [-0.39, 0.29) is 22.6 Å². The van der Waals surface area contributed by atoms with E-state index in [0.29, 0.717) is 10.1 Å². The van der Waals surface area contributed by atoms with Gasteiger partial charge in [0.05, 0.1) is 13.2 Å². The summed E-state index contributed by atoms with van der Waals surface area (Å²) in [4.78, 5) is 16.5. The highest BCUT2D eigenvalue weighted by Gasteiger charge is 2.70. The lowest BCUT2D eigenvalue weighted by molar-refractivity contribution is -0.413. The molecule has 12 heteroatoms. The molecule has 0 bridgehead atoms. The molecule has 2 heterocycles. The van der Waals surface area contributed by atoms with E-state index in [0.717, 1.165) is 11.8 Å². The van der Waals surface area contributed by atoms with E-state index in [1.54, 1.807) is 30.3 Å². The van der Waals surface area contributed by atoms with Gasteiger partial charge in [-0.05, 0) is 24.1 Å². The van der Waals surface area contributed by atoms with Gasteiger partial charge in [-0.15, -0.1) is 5.06 Å². The second kappa shape index (κ2) is 9.67. The number of benzene rings is 2. The van der Waals surface area contributed by atoms with Crippen LogP contribution in [0.5, 0.6) is 0 Å². The van der Waals surface area contributed by atoms with Crippen molar-refractivity contribution in [1.82, 2.24) is 14.6 Å². The fraction of sp³-hybridized carbons (Fsp3) is 0.333. The molecule has 2 aromatic carbocycles. The van der Waals surface area contributed by atoms with Crippen LogP contribution in [0.1, 0.15) is 22.3 Å². The van der Waals surface area contributed by atoms with E-state index in [9.17, 15) is 34.8 Å². The third-order valence-corrected chi connectivity index (χ3v) is 6.32. The van der Waals surface area contributed by atoms with Crippen LogP contribution < -0.4 is 11.4 Å². The number of aryl methyl sites for hydroxylation is 1. The molecule has 1 aliphatic rings. The zero-order valence-corrected chi connectivity index (χ0v) is 19.3. The lowest BCUT2D eigenvalue weighted by Gasteiger charge is -2.42. The molecule has 0 saturated carbocycles. The van der Waals surface area contributed by atoms with Crippen molar-refractivity contribution in [3.63, 3.8) is 0 Å². The van der Waals surface area contributed by atoms with Gasteiger partial charge in [-0.2, -0.15) is 0 Å². The van der Waals surface area contributed by atoms with Gasteiger partial charge in [-0.3, -0.25) is 0 Å². The maximum absolute atomic E-state index is 14.2. The molecule has 1 saturated heterocycles. The topological polar surface area (TPSA) is 175 Å². The number of ether oxygens (including phenoxy) is 1. The van der Waals surface area contributed by atoms with Crippen molar-refractivity contribution in [2.24, 2.45) is 0 Å². The highest BCUT2D eigenvalue weighted by atomic mass is 19.1. The molecule has 4 rings (SSSR count). The minimum atomic E-state index is -3.21. The van der Waals surface area contributed by atoms with Gasteiger partial charge < -0.3 is 36.1 Å². The molecule has 0 spiro atoms. The Bertz CT molecular complexity index is 1300. The summed E-state index contributed by atoms with van der Waals surface area (Å²) in [6.07, 6.45) is -2.79. The number of hydroxylamine groups is 2. The van der Waals surface area contributed by atoms with E-state index in [1.165, 1.54) is 18.2 Å². The first kappa shape index (κ1) is 25.9. The molecular formula is C24H27FN4O7. The second-order valence-corrected chi connectivity index (χ2v) is 8.72. The summed E-state index contributed by atoms with van der Waals surface area (Å²) in [7, 11) is 0. The first-order chi connectivity index (χ1) is 17.0. The number of nitrogens with two attached hydrogens (primary N) is 1. The van der Waals surface area contributed by atoms with Crippen LogP contribution in [0.4, 0.5) is 10.2 Å². The Balaban J connectivity index is 1.81. The van der Waals surface area contributed by atoms with Crippen molar-refractivity contribution in [2.45, 2.75) is 43.7 Å². The summed E-state index contributed by atoms with van der Waals surface area (Å²) in [5, 5.41) is 54.7. The number of anilines is 1. The predicted octanol–water partition coefficient (Wildman–Crippen LogP) is -0.202. The summed E-state index contributed by atoms with van der Waals surface area (Å²) in [5.74, 6) is -4.22. The fourth-order valence-electron chi connectivity index (χ4n) is 4.26. The van der Waals surface area contributed by atoms with E-state index in [2.05, 4.69) is 4.98 Å². The standard InChI is InChI=1S/C24H27FN4O7/c1-14-6-8-15(9-7-14)12-28(35)23(33)20(31)19(13-30)36-24(23,34)29-21(26)17(11-27-22(29)32)10-16-4-2-3-5-18(16)25/h2-9,11,19-20,30-31,33-35H,10,12-13,26H2,1H3/t19-,20-,23-,24+/m1/s1. The maximum Gasteiger partial charge on any atom is 0.353 e. The molecule has 3 aromatic rings. The Labute approximate surface area is 205 Å². The minimum absolute atomic E-state index is 0.0871. The monoisotopic (exact) mass is 502 g/mol. The Morgan fingerprint density at radius 3 is 2.47 bits per heavy atom. The van der Waals surface area contributed by atoms with Gasteiger partial charge in [0.25, 0.3) is 0 Å². The van der Waals surface area contributed by atoms with Crippen LogP contribution in [0.2, 0.25) is 0 Å². The summed E-state index contributed by atoms with van der Waals surface area (Å²) >= 11 is 0. The Morgan fingerprint density at radius 2 is 1.83 bits per heavy atom. The van der Waals surface area contributed by atoms with Crippen LogP contribution in [-0.4, -0.2) is 64.8 Å². The molecule has 0 amide bonds. The number of nitrogen functional groups attached to an aromatic ring is 1. The average Bonchev–Trinajstić information content (AvgIpc) is 3.05. The number of nitrogens with zero attached hydrogens (tertiary/aromatic N) is 3. The quantitative estimate of drug-likeness (QED) is 0.187. The summed E-state index contributed by atoms with van der Waals surface area (Å²) in [6, 6.07) is 12.6. The van der Waals surface area contributed by atoms with Gasteiger partial charge in [0.2, 0.25) is 5.72 Å². The van der Waals surface area contributed by atoms with Gasteiger partial charge in [0.1, 0.15) is 23.8 Å². The molecule has 0 unspecified atom stereocenters. The molecule has 1 fully saturated rings. The molecule has 1 aliphatic heterocycles. The highest BCUT2D eigenvalue weighted by Crippen LogP contribution is 2.44. The lowest BCUT2D eigenvalue weighted by atomic mass is 9.99. The Morgan fingerprint density at radius 1 is 1.17 bits per heavy atom. The van der Waals surface area contributed by atoms with Gasteiger partial charge in [0.15, 0.2) is 0 Å². The largest absolute Gasteiger partial charge is 0.394 e. The first-order valence-electron chi connectivity index (χ1n) is 11.1. The highest BCUT2D eigenvalue weighted by molar-refractivity contribution is 5.43. The summed E-state index contributed by atoms with van der Waals surface area (Å²) in [5.41, 5.74) is 3.59. The second-order valence-electron chi connectivity index (χ2n) is 8.72. The number of halogens is 1. The zero-order chi connectivity index (χ0) is 26.3. The third kappa shape index (κ3) is 4.18. The summed E-state index contributed by atoms with van der Waals surface area (Å²) < 4.78 is 19.9. The zero-order valence-electron chi connectivity index (χ0n) is 19.3. The smallest absolute Gasteiger partial charge is 0.353 e. The van der Waals surface area contributed by atoms with Gasteiger partial charge in [-0.25, -0.2) is 18.7 Å². The van der Waals surface area contributed by atoms with Crippen molar-refractivity contribution >= 4 is 5.82 Å². The number of aliphatic hydroxyl groups excluding tert-OH is 2. The average molecular weight is 502 g/mol. The number of hydrogen-bond donors (Lipinski definition) is 6. The van der Waals surface area contributed by atoms with Crippen molar-refractivity contribution in [3.05, 3.63) is 93.3 Å². The van der Waals surface area contributed by atoms with E-state index in [1.807, 2.05) is 6.92 Å². The number of aliphatic hydroxyl groups is 4. The SMILES string of the molecule is Cc1ccc(CN(O)[C@@]2(O)[C@H](O)[C@@H](CO)O[C@]2(O)n2c(N)c(Cc3ccccc3F)cnc2=O)cc1. The normalized spacial score (nSPS) is 26.0. The van der Waals surface area contributed by atoms with Gasteiger partial charge in [-0.1, -0.05) is 48.0 Å². The molecular weight excluding hydrogens is 475 g/mol. The van der Waals surface area contributed by atoms with Crippen LogP contribution in [-0.2, 0) is 23.6 Å². The van der Waals surface area contributed by atoms with Gasteiger partial charge >= 0.3 is 11.6 Å². The maximum atomic E-state index is 14.2. The molecule has 0 radical (unpaired) electrons. The molecule has 7 N–H and O–H groups in total. The molecule has 192 valence electrons. The molecule has 1 aromatic heterocycles. The van der Waals surface area contributed by atoms with Crippen molar-refractivity contribution in [1.29, 1.82) is 0 Å². The Hall–Kier alpha value is -3.23. The minimum Gasteiger partial charge on any atom is -0.394 e. The predicted molar refractivity (Wildman–Crippen MR) is 124 cm³/mol. The number of aromatic nitrogens is 2.